The normalized spacial score (nSPS) is 34.2. The van der Waals surface area contributed by atoms with Crippen LogP contribution < -0.4 is 5.32 Å². The molecule has 0 aliphatic carbocycles. The topological polar surface area (TPSA) is 114 Å². The Bertz CT molecular complexity index is 523. The molecule has 0 aromatic rings. The van der Waals surface area contributed by atoms with E-state index in [9.17, 15) is 18.4 Å². The second-order valence-electron chi connectivity index (χ2n) is 5.65. The second kappa shape index (κ2) is 6.45. The van der Waals surface area contributed by atoms with Crippen molar-refractivity contribution in [2.45, 2.75) is 50.6 Å². The van der Waals surface area contributed by atoms with Gasteiger partial charge in [-0.25, -0.2) is 4.21 Å². The zero-order valence-electron chi connectivity index (χ0n) is 12.3. The molecule has 0 radical (unpaired) electrons. The molecular formula is C13H18NO7S-. The van der Waals surface area contributed by atoms with Crippen molar-refractivity contribution in [2.24, 2.45) is 0 Å². The van der Waals surface area contributed by atoms with E-state index in [0.29, 0.717) is 12.8 Å². The number of hydrogen-bond donors (Lipinski definition) is 1. The Morgan fingerprint density at radius 3 is 2.82 bits per heavy atom. The molecule has 9 heteroatoms. The molecule has 0 aromatic heterocycles. The van der Waals surface area contributed by atoms with Gasteiger partial charge in [-0.15, -0.1) is 0 Å². The SMILES string of the molecule is C=C(C)C(=O)NCC(=O)OC1C(OS(=O)[O-])C2CCC1(C)O2. The summed E-state index contributed by atoms with van der Waals surface area (Å²) in [5.41, 5.74) is -0.506. The highest BCUT2D eigenvalue weighted by Crippen LogP contribution is 2.46. The summed E-state index contributed by atoms with van der Waals surface area (Å²) in [7, 11) is 0. The molecule has 2 saturated heterocycles. The highest BCUT2D eigenvalue weighted by atomic mass is 32.2. The van der Waals surface area contributed by atoms with Crippen LogP contribution >= 0.6 is 0 Å². The van der Waals surface area contributed by atoms with E-state index in [1.807, 2.05) is 0 Å². The molecule has 2 bridgehead atoms. The monoisotopic (exact) mass is 332 g/mol. The van der Waals surface area contributed by atoms with E-state index in [-0.39, 0.29) is 12.1 Å². The van der Waals surface area contributed by atoms with E-state index >= 15 is 0 Å². The van der Waals surface area contributed by atoms with Gasteiger partial charge in [0.05, 0.1) is 17.5 Å². The molecule has 2 aliphatic rings. The summed E-state index contributed by atoms with van der Waals surface area (Å²) in [6, 6.07) is 0. The first-order valence-corrected chi connectivity index (χ1v) is 7.80. The van der Waals surface area contributed by atoms with Gasteiger partial charge < -0.3 is 19.3 Å². The first kappa shape index (κ1) is 17.1. The van der Waals surface area contributed by atoms with Crippen molar-refractivity contribution in [3.63, 3.8) is 0 Å². The number of rotatable bonds is 6. The van der Waals surface area contributed by atoms with Gasteiger partial charge in [0.1, 0.15) is 18.2 Å². The second-order valence-corrected chi connectivity index (χ2v) is 6.25. The zero-order valence-corrected chi connectivity index (χ0v) is 13.1. The maximum absolute atomic E-state index is 11.8. The summed E-state index contributed by atoms with van der Waals surface area (Å²) in [5, 5.41) is 2.35. The number of nitrogens with one attached hydrogen (secondary N) is 1. The van der Waals surface area contributed by atoms with Crippen LogP contribution in [0.4, 0.5) is 0 Å². The summed E-state index contributed by atoms with van der Waals surface area (Å²) in [6.07, 6.45) is -0.847. The lowest BCUT2D eigenvalue weighted by Crippen LogP contribution is -2.49. The smallest absolute Gasteiger partial charge is 0.325 e. The fourth-order valence-electron chi connectivity index (χ4n) is 2.76. The van der Waals surface area contributed by atoms with Crippen molar-refractivity contribution in [1.29, 1.82) is 0 Å². The zero-order chi connectivity index (χ0) is 16.5. The van der Waals surface area contributed by atoms with Crippen LogP contribution in [-0.4, -0.2) is 51.1 Å². The minimum absolute atomic E-state index is 0.269. The average molecular weight is 332 g/mol. The highest BCUT2D eigenvalue weighted by molar-refractivity contribution is 7.74. The van der Waals surface area contributed by atoms with E-state index in [1.165, 1.54) is 6.92 Å². The number of ether oxygens (including phenoxy) is 2. The summed E-state index contributed by atoms with van der Waals surface area (Å²) >= 11 is -2.73. The Kier molecular flexibility index (Phi) is 5.00. The Labute approximate surface area is 130 Å². The summed E-state index contributed by atoms with van der Waals surface area (Å²) < 4.78 is 37.3. The molecule has 0 spiro atoms. The first-order valence-electron chi connectivity index (χ1n) is 6.80. The van der Waals surface area contributed by atoms with E-state index < -0.39 is 47.2 Å². The number of hydrogen-bond acceptors (Lipinski definition) is 7. The highest BCUT2D eigenvalue weighted by Gasteiger charge is 2.60. The Morgan fingerprint density at radius 1 is 1.55 bits per heavy atom. The molecule has 5 atom stereocenters. The van der Waals surface area contributed by atoms with Gasteiger partial charge in [-0.3, -0.25) is 13.8 Å². The van der Waals surface area contributed by atoms with Gasteiger partial charge in [-0.05, 0) is 26.7 Å². The minimum atomic E-state index is -2.73. The molecular weight excluding hydrogens is 314 g/mol. The third-order valence-corrected chi connectivity index (χ3v) is 4.22. The Balaban J connectivity index is 1.97. The summed E-state index contributed by atoms with van der Waals surface area (Å²) in [6.45, 7) is 6.37. The van der Waals surface area contributed by atoms with Crippen molar-refractivity contribution in [1.82, 2.24) is 5.32 Å². The standard InChI is InChI=1S/C13H19NO7S/c1-7(2)12(16)14-6-9(15)19-11-10(21-22(17)18)8-4-5-13(11,3)20-8/h8,10-11H,1,4-6H2,2-3H3,(H,14,16)(H,17,18)/p-1. The molecule has 8 nitrogen and oxygen atoms in total. The number of esters is 1. The van der Waals surface area contributed by atoms with Crippen LogP contribution in [0.25, 0.3) is 0 Å². The molecule has 2 aliphatic heterocycles. The first-order chi connectivity index (χ1) is 10.2. The van der Waals surface area contributed by atoms with Crippen LogP contribution in [-0.2, 0) is 34.6 Å². The van der Waals surface area contributed by atoms with Gasteiger partial charge in [0, 0.05) is 5.57 Å². The van der Waals surface area contributed by atoms with Crippen LogP contribution in [0.1, 0.15) is 26.7 Å². The Morgan fingerprint density at radius 2 is 2.23 bits per heavy atom. The van der Waals surface area contributed by atoms with Crippen molar-refractivity contribution >= 4 is 23.2 Å². The molecule has 5 unspecified atom stereocenters. The lowest BCUT2D eigenvalue weighted by Gasteiger charge is -2.33. The maximum atomic E-state index is 11.8. The maximum Gasteiger partial charge on any atom is 0.325 e. The Hall–Kier alpha value is -1.29. The number of amides is 1. The molecule has 0 saturated carbocycles. The third kappa shape index (κ3) is 3.54. The third-order valence-electron chi connectivity index (χ3n) is 3.84. The van der Waals surface area contributed by atoms with E-state index in [4.69, 9.17) is 13.7 Å². The van der Waals surface area contributed by atoms with Gasteiger partial charge in [0.15, 0.2) is 6.10 Å². The lowest BCUT2D eigenvalue weighted by atomic mass is 9.85. The largest absolute Gasteiger partial charge is 0.750 e. The van der Waals surface area contributed by atoms with Gasteiger partial charge in [0.2, 0.25) is 5.91 Å². The molecule has 2 rings (SSSR count). The molecule has 2 fully saturated rings. The van der Waals surface area contributed by atoms with Crippen LogP contribution in [0.2, 0.25) is 0 Å². The van der Waals surface area contributed by atoms with Crippen molar-refractivity contribution in [3.8, 4) is 0 Å². The number of carbonyl (C=O) groups is 2. The van der Waals surface area contributed by atoms with Crippen molar-refractivity contribution in [2.75, 3.05) is 6.54 Å². The molecule has 2 heterocycles. The summed E-state index contributed by atoms with van der Waals surface area (Å²) in [5.74, 6) is -1.15. The molecule has 1 amide bonds. The molecule has 0 aromatic carbocycles. The summed E-state index contributed by atoms with van der Waals surface area (Å²) in [4.78, 5) is 23.2. The fraction of sp³-hybridized carbons (Fsp3) is 0.692. The predicted octanol–water partition coefficient (Wildman–Crippen LogP) is -0.279. The van der Waals surface area contributed by atoms with E-state index in [1.54, 1.807) is 6.92 Å². The number of fused-ring (bicyclic) bond motifs is 2. The average Bonchev–Trinajstić information content (AvgIpc) is 2.92. The van der Waals surface area contributed by atoms with Crippen LogP contribution in [0.5, 0.6) is 0 Å². The molecule has 22 heavy (non-hydrogen) atoms. The minimum Gasteiger partial charge on any atom is -0.750 e. The quantitative estimate of drug-likeness (QED) is 0.404. The van der Waals surface area contributed by atoms with Gasteiger partial charge in [-0.1, -0.05) is 6.58 Å². The lowest BCUT2D eigenvalue weighted by molar-refractivity contribution is -0.160. The number of carbonyl (C=O) groups excluding carboxylic acids is 2. The van der Waals surface area contributed by atoms with Crippen LogP contribution in [0.3, 0.4) is 0 Å². The molecule has 124 valence electrons. The van der Waals surface area contributed by atoms with Crippen LogP contribution in [0, 0.1) is 0 Å². The van der Waals surface area contributed by atoms with Gasteiger partial charge >= 0.3 is 5.97 Å². The van der Waals surface area contributed by atoms with E-state index in [0.717, 1.165) is 0 Å². The van der Waals surface area contributed by atoms with Crippen molar-refractivity contribution in [3.05, 3.63) is 12.2 Å². The van der Waals surface area contributed by atoms with Crippen LogP contribution in [0.15, 0.2) is 12.2 Å². The van der Waals surface area contributed by atoms with Crippen molar-refractivity contribution < 1.29 is 32.0 Å². The van der Waals surface area contributed by atoms with E-state index in [2.05, 4.69) is 11.9 Å². The predicted molar refractivity (Wildman–Crippen MR) is 74.0 cm³/mol. The van der Waals surface area contributed by atoms with Gasteiger partial charge in [-0.2, -0.15) is 0 Å². The molecule has 1 N–H and O–H groups in total. The van der Waals surface area contributed by atoms with Gasteiger partial charge in [0.25, 0.3) is 0 Å². The fourth-order valence-corrected chi connectivity index (χ4v) is 3.16.